The van der Waals surface area contributed by atoms with Gasteiger partial charge in [-0.15, -0.1) is 0 Å². The molecule has 2 saturated heterocycles. The van der Waals surface area contributed by atoms with Crippen LogP contribution in [0.2, 0.25) is 0 Å². The van der Waals surface area contributed by atoms with Gasteiger partial charge in [-0.1, -0.05) is 13.8 Å². The molecule has 0 saturated carbocycles. The molecule has 2 fully saturated rings. The number of aliphatic imine (C=N–C) groups is 1. The highest BCUT2D eigenvalue weighted by Crippen LogP contribution is 2.16. The molecule has 2 aliphatic heterocycles. The topological polar surface area (TPSA) is 42.9 Å². The molecule has 5 heteroatoms. The number of rotatable bonds is 8. The molecule has 2 heterocycles. The second kappa shape index (κ2) is 10.9. The van der Waals surface area contributed by atoms with Crippen molar-refractivity contribution < 1.29 is 0 Å². The SMILES string of the molecule is CCN1CCCC1CNC(=NC)NCCCCN1CCCC(C)C1. The zero-order chi connectivity index (χ0) is 17.2. The van der Waals surface area contributed by atoms with E-state index in [4.69, 9.17) is 0 Å². The maximum absolute atomic E-state index is 4.36. The van der Waals surface area contributed by atoms with Gasteiger partial charge in [-0.05, 0) is 70.6 Å². The van der Waals surface area contributed by atoms with Crippen LogP contribution in [-0.2, 0) is 0 Å². The summed E-state index contributed by atoms with van der Waals surface area (Å²) in [4.78, 5) is 9.57. The summed E-state index contributed by atoms with van der Waals surface area (Å²) in [6.45, 7) is 12.9. The molecule has 2 rings (SSSR count). The molecule has 0 bridgehead atoms. The van der Waals surface area contributed by atoms with Crippen molar-refractivity contribution in [1.29, 1.82) is 0 Å². The predicted octanol–water partition coefficient (Wildman–Crippen LogP) is 2.15. The second-order valence-electron chi connectivity index (χ2n) is 7.56. The quantitative estimate of drug-likeness (QED) is 0.405. The van der Waals surface area contributed by atoms with E-state index in [9.17, 15) is 0 Å². The van der Waals surface area contributed by atoms with Gasteiger partial charge in [0, 0.05) is 32.7 Å². The van der Waals surface area contributed by atoms with E-state index in [-0.39, 0.29) is 0 Å². The van der Waals surface area contributed by atoms with E-state index in [1.54, 1.807) is 0 Å². The van der Waals surface area contributed by atoms with Gasteiger partial charge in [0.05, 0.1) is 0 Å². The Hall–Kier alpha value is -0.810. The highest BCUT2D eigenvalue weighted by atomic mass is 15.2. The van der Waals surface area contributed by atoms with E-state index < -0.39 is 0 Å². The van der Waals surface area contributed by atoms with Crippen molar-refractivity contribution in [2.75, 3.05) is 52.9 Å². The molecule has 0 radical (unpaired) electrons. The van der Waals surface area contributed by atoms with Crippen LogP contribution in [0.15, 0.2) is 4.99 Å². The summed E-state index contributed by atoms with van der Waals surface area (Å²) in [6, 6.07) is 0.676. The maximum atomic E-state index is 4.36. The minimum Gasteiger partial charge on any atom is -0.356 e. The zero-order valence-corrected chi connectivity index (χ0v) is 16.2. The number of unbranched alkanes of at least 4 members (excludes halogenated alkanes) is 1. The Morgan fingerprint density at radius 3 is 2.71 bits per heavy atom. The average Bonchev–Trinajstić information content (AvgIpc) is 3.05. The number of piperidine rings is 1. The standard InChI is InChI=1S/C19H39N5/c1-4-24-14-8-10-18(24)15-22-19(20-3)21-11-5-6-12-23-13-7-9-17(2)16-23/h17-18H,4-16H2,1-3H3,(H2,20,21,22). The lowest BCUT2D eigenvalue weighted by atomic mass is 10.0. The van der Waals surface area contributed by atoms with Crippen LogP contribution in [0, 0.1) is 5.92 Å². The minimum atomic E-state index is 0.676. The number of hydrogen-bond acceptors (Lipinski definition) is 3. The number of likely N-dealkylation sites (N-methyl/N-ethyl adjacent to an activating group) is 1. The molecule has 2 unspecified atom stereocenters. The van der Waals surface area contributed by atoms with E-state index in [1.807, 2.05) is 7.05 Å². The van der Waals surface area contributed by atoms with Gasteiger partial charge in [0.1, 0.15) is 0 Å². The Balaban J connectivity index is 1.53. The molecule has 0 aromatic carbocycles. The highest BCUT2D eigenvalue weighted by molar-refractivity contribution is 5.79. The summed E-state index contributed by atoms with van der Waals surface area (Å²) in [5, 5.41) is 6.98. The lowest BCUT2D eigenvalue weighted by Gasteiger charge is -2.30. The Labute approximate surface area is 149 Å². The van der Waals surface area contributed by atoms with Crippen LogP contribution >= 0.6 is 0 Å². The lowest BCUT2D eigenvalue weighted by Crippen LogP contribution is -2.45. The smallest absolute Gasteiger partial charge is 0.191 e. The van der Waals surface area contributed by atoms with Crippen molar-refractivity contribution >= 4 is 5.96 Å². The fraction of sp³-hybridized carbons (Fsp3) is 0.947. The maximum Gasteiger partial charge on any atom is 0.191 e. The second-order valence-corrected chi connectivity index (χ2v) is 7.56. The van der Waals surface area contributed by atoms with E-state index in [2.05, 4.69) is 39.3 Å². The van der Waals surface area contributed by atoms with E-state index in [1.165, 1.54) is 64.7 Å². The molecule has 5 nitrogen and oxygen atoms in total. The summed E-state index contributed by atoms with van der Waals surface area (Å²) in [5.74, 6) is 1.85. The average molecular weight is 338 g/mol. The zero-order valence-electron chi connectivity index (χ0n) is 16.2. The van der Waals surface area contributed by atoms with Crippen molar-refractivity contribution in [2.45, 2.75) is 58.4 Å². The molecule has 24 heavy (non-hydrogen) atoms. The van der Waals surface area contributed by atoms with Gasteiger partial charge in [0.25, 0.3) is 0 Å². The van der Waals surface area contributed by atoms with Gasteiger partial charge in [0.2, 0.25) is 0 Å². The van der Waals surface area contributed by atoms with Crippen molar-refractivity contribution in [2.24, 2.45) is 10.9 Å². The van der Waals surface area contributed by atoms with Crippen molar-refractivity contribution in [1.82, 2.24) is 20.4 Å². The van der Waals surface area contributed by atoms with Crippen LogP contribution in [0.3, 0.4) is 0 Å². The first-order valence-electron chi connectivity index (χ1n) is 10.1. The Morgan fingerprint density at radius 2 is 1.96 bits per heavy atom. The van der Waals surface area contributed by atoms with Crippen LogP contribution in [0.25, 0.3) is 0 Å². The Kier molecular flexibility index (Phi) is 8.89. The molecule has 2 N–H and O–H groups in total. The van der Waals surface area contributed by atoms with E-state index in [0.29, 0.717) is 6.04 Å². The van der Waals surface area contributed by atoms with Crippen LogP contribution in [0.5, 0.6) is 0 Å². The molecule has 140 valence electrons. The number of nitrogens with one attached hydrogen (secondary N) is 2. The predicted molar refractivity (Wildman–Crippen MR) is 104 cm³/mol. The fourth-order valence-electron chi connectivity index (χ4n) is 4.13. The number of nitrogens with zero attached hydrogens (tertiary/aromatic N) is 3. The Bertz CT molecular complexity index is 371. The summed E-state index contributed by atoms with van der Waals surface area (Å²) >= 11 is 0. The van der Waals surface area contributed by atoms with Gasteiger partial charge in [0.15, 0.2) is 5.96 Å². The molecular weight excluding hydrogens is 298 g/mol. The first kappa shape index (κ1) is 19.5. The highest BCUT2D eigenvalue weighted by Gasteiger charge is 2.22. The van der Waals surface area contributed by atoms with Crippen LogP contribution in [-0.4, -0.2) is 74.7 Å². The first-order valence-corrected chi connectivity index (χ1v) is 10.1. The largest absolute Gasteiger partial charge is 0.356 e. The van der Waals surface area contributed by atoms with Crippen LogP contribution in [0.4, 0.5) is 0 Å². The van der Waals surface area contributed by atoms with Gasteiger partial charge in [-0.25, -0.2) is 0 Å². The van der Waals surface area contributed by atoms with Gasteiger partial charge in [-0.3, -0.25) is 9.89 Å². The van der Waals surface area contributed by atoms with Crippen molar-refractivity contribution in [3.63, 3.8) is 0 Å². The van der Waals surface area contributed by atoms with Gasteiger partial charge < -0.3 is 15.5 Å². The molecule has 0 spiro atoms. The molecule has 0 amide bonds. The van der Waals surface area contributed by atoms with Crippen LogP contribution < -0.4 is 10.6 Å². The van der Waals surface area contributed by atoms with E-state index >= 15 is 0 Å². The number of likely N-dealkylation sites (tertiary alicyclic amines) is 2. The molecule has 0 aliphatic carbocycles. The van der Waals surface area contributed by atoms with Crippen molar-refractivity contribution in [3.05, 3.63) is 0 Å². The van der Waals surface area contributed by atoms with E-state index in [0.717, 1.165) is 31.5 Å². The summed E-state index contributed by atoms with van der Waals surface area (Å²) in [5.41, 5.74) is 0. The Morgan fingerprint density at radius 1 is 1.12 bits per heavy atom. The molecule has 2 aliphatic rings. The monoisotopic (exact) mass is 337 g/mol. The summed E-state index contributed by atoms with van der Waals surface area (Å²) in [7, 11) is 1.87. The third-order valence-corrected chi connectivity index (χ3v) is 5.57. The van der Waals surface area contributed by atoms with Crippen LogP contribution in [0.1, 0.15) is 52.4 Å². The third kappa shape index (κ3) is 6.60. The van der Waals surface area contributed by atoms with Crippen molar-refractivity contribution in [3.8, 4) is 0 Å². The molecule has 0 aromatic rings. The lowest BCUT2D eigenvalue weighted by molar-refractivity contribution is 0.181. The first-order chi connectivity index (χ1) is 11.7. The molecule has 2 atom stereocenters. The number of hydrogen-bond donors (Lipinski definition) is 2. The molecular formula is C19H39N5. The van der Waals surface area contributed by atoms with Gasteiger partial charge >= 0.3 is 0 Å². The third-order valence-electron chi connectivity index (χ3n) is 5.57. The van der Waals surface area contributed by atoms with Gasteiger partial charge in [-0.2, -0.15) is 0 Å². The fourth-order valence-corrected chi connectivity index (χ4v) is 4.13. The summed E-state index contributed by atoms with van der Waals surface area (Å²) in [6.07, 6.45) is 7.94. The molecule has 0 aromatic heterocycles. The normalized spacial score (nSPS) is 26.7. The number of guanidine groups is 1. The summed E-state index contributed by atoms with van der Waals surface area (Å²) < 4.78 is 0. The minimum absolute atomic E-state index is 0.676.